The summed E-state index contributed by atoms with van der Waals surface area (Å²) in [7, 11) is 0. The SMILES string of the molecule is C[C@@](O)([C@@H]1CCCNC1)C(F)(F)F. The molecule has 1 aliphatic rings. The third-order valence-corrected chi connectivity index (χ3v) is 2.67. The minimum Gasteiger partial charge on any atom is -0.380 e. The zero-order valence-corrected chi connectivity index (χ0v) is 7.49. The normalized spacial score (nSPS) is 29.8. The summed E-state index contributed by atoms with van der Waals surface area (Å²) in [6.07, 6.45) is -3.41. The Labute approximate surface area is 75.1 Å². The summed E-state index contributed by atoms with van der Waals surface area (Å²) in [5.41, 5.74) is -2.56. The van der Waals surface area contributed by atoms with Gasteiger partial charge in [0, 0.05) is 12.5 Å². The highest BCUT2D eigenvalue weighted by atomic mass is 19.4. The number of hydrogen-bond donors (Lipinski definition) is 2. The van der Waals surface area contributed by atoms with E-state index >= 15 is 0 Å². The first-order valence-electron chi connectivity index (χ1n) is 4.35. The summed E-state index contributed by atoms with van der Waals surface area (Å²) in [4.78, 5) is 0. The first-order valence-corrected chi connectivity index (χ1v) is 4.35. The highest BCUT2D eigenvalue weighted by Crippen LogP contribution is 2.38. The zero-order chi connectivity index (χ0) is 10.1. The van der Waals surface area contributed by atoms with E-state index in [1.807, 2.05) is 0 Å². The molecular weight excluding hydrogens is 183 g/mol. The van der Waals surface area contributed by atoms with Gasteiger partial charge < -0.3 is 10.4 Å². The van der Waals surface area contributed by atoms with Gasteiger partial charge in [0.1, 0.15) is 0 Å². The molecular formula is C8H14F3NO. The summed E-state index contributed by atoms with van der Waals surface area (Å²) in [6, 6.07) is 0. The molecule has 0 aromatic heterocycles. The van der Waals surface area contributed by atoms with E-state index in [0.717, 1.165) is 13.5 Å². The van der Waals surface area contributed by atoms with Crippen molar-refractivity contribution in [3.8, 4) is 0 Å². The molecule has 2 N–H and O–H groups in total. The van der Waals surface area contributed by atoms with E-state index in [9.17, 15) is 18.3 Å². The molecule has 1 aliphatic heterocycles. The second-order valence-corrected chi connectivity index (χ2v) is 3.69. The van der Waals surface area contributed by atoms with E-state index in [2.05, 4.69) is 5.32 Å². The van der Waals surface area contributed by atoms with Gasteiger partial charge in [-0.15, -0.1) is 0 Å². The van der Waals surface area contributed by atoms with E-state index in [4.69, 9.17) is 0 Å². The molecule has 78 valence electrons. The van der Waals surface area contributed by atoms with E-state index in [1.165, 1.54) is 0 Å². The first kappa shape index (κ1) is 10.8. The van der Waals surface area contributed by atoms with Gasteiger partial charge in [0.15, 0.2) is 5.60 Å². The Balaban J connectivity index is 2.67. The maximum atomic E-state index is 12.3. The molecule has 2 nitrogen and oxygen atoms in total. The fourth-order valence-corrected chi connectivity index (χ4v) is 1.56. The minimum atomic E-state index is -4.53. The topological polar surface area (TPSA) is 32.3 Å². The van der Waals surface area contributed by atoms with Gasteiger partial charge in [-0.1, -0.05) is 0 Å². The molecule has 1 fully saturated rings. The summed E-state index contributed by atoms with van der Waals surface area (Å²) in [6.45, 7) is 1.83. The van der Waals surface area contributed by atoms with Crippen LogP contribution in [-0.4, -0.2) is 30.0 Å². The van der Waals surface area contributed by atoms with Crippen molar-refractivity contribution < 1.29 is 18.3 Å². The van der Waals surface area contributed by atoms with Crippen molar-refractivity contribution in [3.63, 3.8) is 0 Å². The Morgan fingerprint density at radius 3 is 2.38 bits per heavy atom. The summed E-state index contributed by atoms with van der Waals surface area (Å²) < 4.78 is 37.0. The van der Waals surface area contributed by atoms with Crippen molar-refractivity contribution in [2.75, 3.05) is 13.1 Å². The van der Waals surface area contributed by atoms with Crippen LogP contribution in [0.2, 0.25) is 0 Å². The summed E-state index contributed by atoms with van der Waals surface area (Å²) in [5.74, 6) is -0.721. The number of nitrogens with one attached hydrogen (secondary N) is 1. The van der Waals surface area contributed by atoms with Crippen LogP contribution in [0.25, 0.3) is 0 Å². The quantitative estimate of drug-likeness (QED) is 0.664. The minimum absolute atomic E-state index is 0.243. The van der Waals surface area contributed by atoms with Crippen LogP contribution in [-0.2, 0) is 0 Å². The van der Waals surface area contributed by atoms with Crippen LogP contribution in [0.1, 0.15) is 19.8 Å². The van der Waals surface area contributed by atoms with E-state index < -0.39 is 17.7 Å². The molecule has 1 heterocycles. The molecule has 0 aromatic carbocycles. The standard InChI is InChI=1S/C8H14F3NO/c1-7(13,8(9,10)11)6-3-2-4-12-5-6/h6,12-13H,2-5H2,1H3/t6-,7-/m1/s1. The maximum absolute atomic E-state index is 12.3. The van der Waals surface area contributed by atoms with Crippen LogP contribution in [0.3, 0.4) is 0 Å². The first-order chi connectivity index (χ1) is 5.86. The van der Waals surface area contributed by atoms with Crippen molar-refractivity contribution in [2.45, 2.75) is 31.5 Å². The lowest BCUT2D eigenvalue weighted by Gasteiger charge is -2.37. The number of aliphatic hydroxyl groups is 1. The van der Waals surface area contributed by atoms with Crippen molar-refractivity contribution in [1.29, 1.82) is 0 Å². The van der Waals surface area contributed by atoms with Gasteiger partial charge in [0.25, 0.3) is 0 Å². The predicted octanol–water partition coefficient (Wildman–Crippen LogP) is 1.30. The van der Waals surface area contributed by atoms with Gasteiger partial charge in [-0.25, -0.2) is 0 Å². The number of rotatable bonds is 1. The highest BCUT2D eigenvalue weighted by molar-refractivity contribution is 4.91. The molecule has 0 amide bonds. The lowest BCUT2D eigenvalue weighted by molar-refractivity contribution is -0.273. The van der Waals surface area contributed by atoms with Crippen molar-refractivity contribution in [2.24, 2.45) is 5.92 Å². The smallest absolute Gasteiger partial charge is 0.380 e. The van der Waals surface area contributed by atoms with Crippen molar-refractivity contribution in [1.82, 2.24) is 5.32 Å². The van der Waals surface area contributed by atoms with Crippen molar-refractivity contribution in [3.05, 3.63) is 0 Å². The number of halogens is 3. The maximum Gasteiger partial charge on any atom is 0.417 e. The van der Waals surface area contributed by atoms with Gasteiger partial charge in [-0.2, -0.15) is 13.2 Å². The van der Waals surface area contributed by atoms with Crippen LogP contribution in [0.15, 0.2) is 0 Å². The lowest BCUT2D eigenvalue weighted by atomic mass is 9.83. The molecule has 1 rings (SSSR count). The Bertz CT molecular complexity index is 173. The third kappa shape index (κ3) is 2.14. The number of piperidine rings is 1. The second kappa shape index (κ2) is 3.46. The molecule has 1 saturated heterocycles. The molecule has 0 aromatic rings. The summed E-state index contributed by atoms with van der Waals surface area (Å²) >= 11 is 0. The van der Waals surface area contributed by atoms with Crippen molar-refractivity contribution >= 4 is 0 Å². The highest BCUT2D eigenvalue weighted by Gasteiger charge is 2.54. The molecule has 0 aliphatic carbocycles. The van der Waals surface area contributed by atoms with Crippen LogP contribution >= 0.6 is 0 Å². The molecule has 0 bridgehead atoms. The molecule has 13 heavy (non-hydrogen) atoms. The predicted molar refractivity (Wildman–Crippen MR) is 42.3 cm³/mol. The van der Waals surface area contributed by atoms with Crippen LogP contribution in [0.5, 0.6) is 0 Å². The van der Waals surface area contributed by atoms with Crippen LogP contribution < -0.4 is 5.32 Å². The average molecular weight is 197 g/mol. The largest absolute Gasteiger partial charge is 0.417 e. The molecule has 0 radical (unpaired) electrons. The molecule has 2 atom stereocenters. The van der Waals surface area contributed by atoms with Gasteiger partial charge >= 0.3 is 6.18 Å². The molecule has 0 saturated carbocycles. The van der Waals surface area contributed by atoms with Gasteiger partial charge in [0.2, 0.25) is 0 Å². The van der Waals surface area contributed by atoms with E-state index in [-0.39, 0.29) is 6.54 Å². The Hall–Kier alpha value is -0.290. The Morgan fingerprint density at radius 2 is 2.00 bits per heavy atom. The van der Waals surface area contributed by atoms with Gasteiger partial charge in [-0.05, 0) is 26.3 Å². The molecule has 0 spiro atoms. The third-order valence-electron chi connectivity index (χ3n) is 2.67. The van der Waals surface area contributed by atoms with Gasteiger partial charge in [-0.3, -0.25) is 0 Å². The lowest BCUT2D eigenvalue weighted by Crippen LogP contribution is -2.53. The van der Waals surface area contributed by atoms with Gasteiger partial charge in [0.05, 0.1) is 0 Å². The van der Waals surface area contributed by atoms with E-state index in [1.54, 1.807) is 0 Å². The monoisotopic (exact) mass is 197 g/mol. The van der Waals surface area contributed by atoms with Crippen LogP contribution in [0, 0.1) is 5.92 Å². The summed E-state index contributed by atoms with van der Waals surface area (Å²) in [5, 5.41) is 12.2. The van der Waals surface area contributed by atoms with E-state index in [0.29, 0.717) is 12.8 Å². The molecule has 5 heteroatoms. The average Bonchev–Trinajstić information content (AvgIpc) is 2.04. The van der Waals surface area contributed by atoms with Crippen LogP contribution in [0.4, 0.5) is 13.2 Å². The molecule has 0 unspecified atom stereocenters. The fourth-order valence-electron chi connectivity index (χ4n) is 1.56. The Kier molecular flexibility index (Phi) is 2.87. The fraction of sp³-hybridized carbons (Fsp3) is 1.00. The number of hydrogen-bond acceptors (Lipinski definition) is 2. The zero-order valence-electron chi connectivity index (χ0n) is 7.49. The second-order valence-electron chi connectivity index (χ2n) is 3.69. The Morgan fingerprint density at radius 1 is 1.38 bits per heavy atom. The number of alkyl halides is 3.